The van der Waals surface area contributed by atoms with Gasteiger partial charge in [-0.2, -0.15) is 0 Å². The summed E-state index contributed by atoms with van der Waals surface area (Å²) in [6.45, 7) is 15.1. The van der Waals surface area contributed by atoms with E-state index in [0.29, 0.717) is 6.04 Å². The van der Waals surface area contributed by atoms with Gasteiger partial charge in [0.05, 0.1) is 5.60 Å². The topological polar surface area (TPSA) is 24.5 Å². The molecule has 0 rings (SSSR count). The second kappa shape index (κ2) is 7.20. The molecular weight excluding hydrogens is 188 g/mol. The van der Waals surface area contributed by atoms with E-state index < -0.39 is 0 Å². The molecule has 1 unspecified atom stereocenters. The van der Waals surface area contributed by atoms with Crippen molar-refractivity contribution in [1.82, 2.24) is 10.2 Å². The molecule has 0 aromatic carbocycles. The van der Waals surface area contributed by atoms with Crippen LogP contribution in [0.25, 0.3) is 0 Å². The van der Waals surface area contributed by atoms with Gasteiger partial charge >= 0.3 is 0 Å². The number of ether oxygens (including phenoxy) is 1. The third-order valence-electron chi connectivity index (χ3n) is 2.86. The number of hydrogen-bond acceptors (Lipinski definition) is 3. The van der Waals surface area contributed by atoms with Gasteiger partial charge in [0.25, 0.3) is 0 Å². The quantitative estimate of drug-likeness (QED) is 0.669. The molecule has 0 bridgehead atoms. The molecule has 0 radical (unpaired) electrons. The van der Waals surface area contributed by atoms with Gasteiger partial charge in [0.1, 0.15) is 0 Å². The first kappa shape index (κ1) is 14.9. The maximum absolute atomic E-state index is 5.37. The normalized spacial score (nSPS) is 14.6. The predicted molar refractivity (Wildman–Crippen MR) is 66.3 cm³/mol. The van der Waals surface area contributed by atoms with E-state index in [4.69, 9.17) is 4.74 Å². The molecule has 0 fully saturated rings. The van der Waals surface area contributed by atoms with Crippen LogP contribution in [0, 0.1) is 0 Å². The predicted octanol–water partition coefficient (Wildman–Crippen LogP) is 1.73. The van der Waals surface area contributed by atoms with E-state index >= 15 is 0 Å². The Morgan fingerprint density at radius 3 is 2.20 bits per heavy atom. The van der Waals surface area contributed by atoms with Crippen LogP contribution in [0.3, 0.4) is 0 Å². The van der Waals surface area contributed by atoms with Crippen LogP contribution in [0.2, 0.25) is 0 Å². The van der Waals surface area contributed by atoms with Gasteiger partial charge in [0, 0.05) is 26.2 Å². The molecule has 0 spiro atoms. The van der Waals surface area contributed by atoms with Crippen molar-refractivity contribution in [2.75, 3.05) is 33.3 Å². The minimum Gasteiger partial charge on any atom is -0.377 e. The fourth-order valence-electron chi connectivity index (χ4n) is 1.43. The Kier molecular flexibility index (Phi) is 7.14. The van der Waals surface area contributed by atoms with E-state index in [1.807, 2.05) is 0 Å². The lowest BCUT2D eigenvalue weighted by atomic mass is 10.1. The van der Waals surface area contributed by atoms with Crippen LogP contribution < -0.4 is 5.32 Å². The highest BCUT2D eigenvalue weighted by Crippen LogP contribution is 2.05. The van der Waals surface area contributed by atoms with Gasteiger partial charge in [-0.05, 0) is 33.9 Å². The molecular formula is C12H28N2O. The summed E-state index contributed by atoms with van der Waals surface area (Å²) in [5.74, 6) is 0. The zero-order valence-corrected chi connectivity index (χ0v) is 11.3. The highest BCUT2D eigenvalue weighted by molar-refractivity contribution is 4.75. The number of nitrogens with one attached hydrogen (secondary N) is 1. The average Bonchev–Trinajstić information content (AvgIpc) is 2.23. The smallest absolute Gasteiger partial charge is 0.0746 e. The van der Waals surface area contributed by atoms with Crippen LogP contribution in [0.5, 0.6) is 0 Å². The summed E-state index contributed by atoms with van der Waals surface area (Å²) >= 11 is 0. The molecule has 1 atom stereocenters. The molecule has 1 N–H and O–H groups in total. The van der Waals surface area contributed by atoms with Gasteiger partial charge in [-0.3, -0.25) is 0 Å². The Balaban J connectivity index is 3.78. The van der Waals surface area contributed by atoms with Crippen LogP contribution in [-0.2, 0) is 4.74 Å². The van der Waals surface area contributed by atoms with Crippen LogP contribution in [0.1, 0.15) is 34.6 Å². The second-order valence-electron chi connectivity index (χ2n) is 4.73. The average molecular weight is 216 g/mol. The molecule has 3 nitrogen and oxygen atoms in total. The van der Waals surface area contributed by atoms with E-state index in [0.717, 1.165) is 26.2 Å². The summed E-state index contributed by atoms with van der Waals surface area (Å²) in [4.78, 5) is 2.43. The second-order valence-corrected chi connectivity index (χ2v) is 4.73. The molecule has 0 aliphatic heterocycles. The summed E-state index contributed by atoms with van der Waals surface area (Å²) in [6.07, 6.45) is 0. The molecule has 0 aliphatic rings. The summed E-state index contributed by atoms with van der Waals surface area (Å²) in [5.41, 5.74) is -0.0719. The molecule has 0 aromatic rings. The molecule has 0 saturated heterocycles. The maximum atomic E-state index is 5.37. The number of likely N-dealkylation sites (N-methyl/N-ethyl adjacent to an activating group) is 1. The molecule has 0 aromatic heterocycles. The largest absolute Gasteiger partial charge is 0.377 e. The van der Waals surface area contributed by atoms with Gasteiger partial charge in [-0.15, -0.1) is 0 Å². The Morgan fingerprint density at radius 2 is 1.80 bits per heavy atom. The summed E-state index contributed by atoms with van der Waals surface area (Å²) in [6, 6.07) is 0.513. The number of rotatable bonds is 8. The standard InChI is InChI=1S/C12H28N2O/c1-7-14(8-2)9-11(3)13-10-12(4,5)15-6/h11,13H,7-10H2,1-6H3. The van der Waals surface area contributed by atoms with Crippen molar-refractivity contribution >= 4 is 0 Å². The van der Waals surface area contributed by atoms with Crippen molar-refractivity contribution in [3.63, 3.8) is 0 Å². The Labute approximate surface area is 95.2 Å². The minimum absolute atomic E-state index is 0.0719. The van der Waals surface area contributed by atoms with Crippen molar-refractivity contribution < 1.29 is 4.74 Å². The Morgan fingerprint density at radius 1 is 1.27 bits per heavy atom. The minimum atomic E-state index is -0.0719. The first-order valence-corrected chi connectivity index (χ1v) is 5.96. The molecule has 15 heavy (non-hydrogen) atoms. The Bertz CT molecular complexity index is 156. The number of hydrogen-bond donors (Lipinski definition) is 1. The number of methoxy groups -OCH3 is 1. The van der Waals surface area contributed by atoms with E-state index in [1.54, 1.807) is 7.11 Å². The third kappa shape index (κ3) is 6.88. The van der Waals surface area contributed by atoms with Gasteiger partial charge in [0.2, 0.25) is 0 Å². The fraction of sp³-hybridized carbons (Fsp3) is 1.00. The van der Waals surface area contributed by atoms with Gasteiger partial charge in [0.15, 0.2) is 0 Å². The van der Waals surface area contributed by atoms with Gasteiger partial charge in [-0.25, -0.2) is 0 Å². The monoisotopic (exact) mass is 216 g/mol. The zero-order chi connectivity index (χ0) is 11.9. The van der Waals surface area contributed by atoms with Crippen molar-refractivity contribution in [3.8, 4) is 0 Å². The van der Waals surface area contributed by atoms with E-state index in [-0.39, 0.29) is 5.60 Å². The summed E-state index contributed by atoms with van der Waals surface area (Å²) in [5, 5.41) is 3.51. The van der Waals surface area contributed by atoms with E-state index in [2.05, 4.69) is 44.8 Å². The molecule has 0 saturated carbocycles. The molecule has 0 amide bonds. The SMILES string of the molecule is CCN(CC)CC(C)NCC(C)(C)OC. The maximum Gasteiger partial charge on any atom is 0.0746 e. The third-order valence-corrected chi connectivity index (χ3v) is 2.86. The highest BCUT2D eigenvalue weighted by Gasteiger charge is 2.17. The molecule has 92 valence electrons. The first-order chi connectivity index (χ1) is 6.95. The van der Waals surface area contributed by atoms with Crippen LogP contribution in [0.4, 0.5) is 0 Å². The van der Waals surface area contributed by atoms with Crippen molar-refractivity contribution in [1.29, 1.82) is 0 Å². The first-order valence-electron chi connectivity index (χ1n) is 5.96. The van der Waals surface area contributed by atoms with Crippen molar-refractivity contribution in [3.05, 3.63) is 0 Å². The highest BCUT2D eigenvalue weighted by atomic mass is 16.5. The van der Waals surface area contributed by atoms with E-state index in [9.17, 15) is 0 Å². The summed E-state index contributed by atoms with van der Waals surface area (Å²) < 4.78 is 5.37. The number of nitrogens with zero attached hydrogens (tertiary/aromatic N) is 1. The van der Waals surface area contributed by atoms with Crippen LogP contribution in [-0.4, -0.2) is 49.8 Å². The lowest BCUT2D eigenvalue weighted by Crippen LogP contribution is -2.45. The summed E-state index contributed by atoms with van der Waals surface area (Å²) in [7, 11) is 1.76. The molecule has 3 heteroatoms. The van der Waals surface area contributed by atoms with Crippen molar-refractivity contribution in [2.45, 2.75) is 46.3 Å². The molecule has 0 aliphatic carbocycles. The van der Waals surface area contributed by atoms with Crippen LogP contribution >= 0.6 is 0 Å². The van der Waals surface area contributed by atoms with E-state index in [1.165, 1.54) is 0 Å². The van der Waals surface area contributed by atoms with Crippen LogP contribution in [0.15, 0.2) is 0 Å². The zero-order valence-electron chi connectivity index (χ0n) is 11.3. The Hall–Kier alpha value is -0.120. The fourth-order valence-corrected chi connectivity index (χ4v) is 1.43. The lowest BCUT2D eigenvalue weighted by Gasteiger charge is -2.28. The van der Waals surface area contributed by atoms with Gasteiger partial charge in [-0.1, -0.05) is 13.8 Å². The lowest BCUT2D eigenvalue weighted by molar-refractivity contribution is 0.0206. The van der Waals surface area contributed by atoms with Gasteiger partial charge < -0.3 is 15.0 Å². The molecule has 0 heterocycles. The van der Waals surface area contributed by atoms with Crippen molar-refractivity contribution in [2.24, 2.45) is 0 Å².